The molecular weight excluding hydrogens is 265 g/mol. The molecule has 4 rings (SSSR count). The van der Waals surface area contributed by atoms with Crippen molar-refractivity contribution in [3.8, 4) is 0 Å². The summed E-state index contributed by atoms with van der Waals surface area (Å²) in [6, 6.07) is 10.9. The van der Waals surface area contributed by atoms with E-state index in [1.807, 2.05) is 12.4 Å². The molecule has 20 heavy (non-hydrogen) atoms. The Morgan fingerprint density at radius 2 is 1.80 bits per heavy atom. The number of nitrogens with zero attached hydrogens (tertiary/aromatic N) is 3. The van der Waals surface area contributed by atoms with Crippen molar-refractivity contribution in [1.29, 1.82) is 0 Å². The number of pyridine rings is 1. The van der Waals surface area contributed by atoms with E-state index in [-0.39, 0.29) is 5.54 Å². The van der Waals surface area contributed by atoms with E-state index in [1.54, 1.807) is 0 Å². The maximum absolute atomic E-state index is 4.29. The summed E-state index contributed by atoms with van der Waals surface area (Å²) in [7, 11) is 0.753. The van der Waals surface area contributed by atoms with Crippen LogP contribution < -0.4 is 15.1 Å². The standard InChI is InChI=1S/C16H18N3P/c1-16(2,3)19-12-7-5-4-6-11(12)18-13-8-9-17-10-14(13)20-15(18)19/h4-10,15,20H,1-3H3. The molecule has 1 aromatic carbocycles. The molecule has 0 fully saturated rings. The summed E-state index contributed by atoms with van der Waals surface area (Å²) in [6.07, 6.45) is 3.92. The number of aromatic nitrogens is 1. The van der Waals surface area contributed by atoms with Crippen LogP contribution in [-0.4, -0.2) is 16.4 Å². The van der Waals surface area contributed by atoms with E-state index < -0.39 is 0 Å². The first-order valence-corrected chi connectivity index (χ1v) is 8.03. The molecule has 1 aromatic heterocycles. The minimum atomic E-state index is 0.109. The molecule has 102 valence electrons. The Labute approximate surface area is 121 Å². The number of para-hydroxylation sites is 2. The van der Waals surface area contributed by atoms with E-state index in [9.17, 15) is 0 Å². The van der Waals surface area contributed by atoms with Gasteiger partial charge in [-0.15, -0.1) is 0 Å². The largest absolute Gasteiger partial charge is 0.341 e. The lowest BCUT2D eigenvalue weighted by atomic mass is 10.1. The lowest BCUT2D eigenvalue weighted by Gasteiger charge is -2.38. The van der Waals surface area contributed by atoms with Gasteiger partial charge in [-0.25, -0.2) is 0 Å². The van der Waals surface area contributed by atoms with Gasteiger partial charge in [0, 0.05) is 23.2 Å². The van der Waals surface area contributed by atoms with Crippen molar-refractivity contribution in [3.63, 3.8) is 0 Å². The molecule has 0 bridgehead atoms. The highest BCUT2D eigenvalue weighted by molar-refractivity contribution is 7.49. The maximum Gasteiger partial charge on any atom is 0.127 e. The van der Waals surface area contributed by atoms with Gasteiger partial charge in [0.05, 0.1) is 17.1 Å². The summed E-state index contributed by atoms with van der Waals surface area (Å²) >= 11 is 0. The fourth-order valence-corrected chi connectivity index (χ4v) is 5.06. The van der Waals surface area contributed by atoms with Crippen LogP contribution in [0.4, 0.5) is 17.1 Å². The number of hydrogen-bond acceptors (Lipinski definition) is 3. The Morgan fingerprint density at radius 3 is 2.55 bits per heavy atom. The monoisotopic (exact) mass is 283 g/mol. The Morgan fingerprint density at radius 1 is 1.05 bits per heavy atom. The minimum Gasteiger partial charge on any atom is -0.341 e. The van der Waals surface area contributed by atoms with Gasteiger partial charge in [0.25, 0.3) is 0 Å². The van der Waals surface area contributed by atoms with Gasteiger partial charge in [0.15, 0.2) is 0 Å². The molecule has 2 atom stereocenters. The van der Waals surface area contributed by atoms with Crippen LogP contribution in [0.5, 0.6) is 0 Å². The molecule has 0 amide bonds. The minimum absolute atomic E-state index is 0.109. The Balaban J connectivity index is 1.93. The topological polar surface area (TPSA) is 19.4 Å². The summed E-state index contributed by atoms with van der Waals surface area (Å²) < 4.78 is 0. The second kappa shape index (κ2) is 3.95. The van der Waals surface area contributed by atoms with Crippen molar-refractivity contribution in [2.45, 2.75) is 32.2 Å². The van der Waals surface area contributed by atoms with Gasteiger partial charge >= 0.3 is 0 Å². The van der Waals surface area contributed by atoms with Crippen LogP contribution >= 0.6 is 8.58 Å². The van der Waals surface area contributed by atoms with Gasteiger partial charge in [-0.3, -0.25) is 4.98 Å². The number of benzene rings is 1. The summed E-state index contributed by atoms with van der Waals surface area (Å²) in [5.74, 6) is 0.409. The van der Waals surface area contributed by atoms with Crippen LogP contribution in [0.15, 0.2) is 42.7 Å². The number of fused-ring (bicyclic) bond motifs is 5. The van der Waals surface area contributed by atoms with Crippen LogP contribution in [0.25, 0.3) is 0 Å². The van der Waals surface area contributed by atoms with Crippen molar-refractivity contribution in [3.05, 3.63) is 42.7 Å². The lowest BCUT2D eigenvalue weighted by molar-refractivity contribution is 0.505. The fourth-order valence-electron chi connectivity index (χ4n) is 3.22. The SMILES string of the molecule is CC(C)(C)N1c2ccccc2N2c3ccncc3PC21. The number of hydrogen-bond donors (Lipinski definition) is 0. The molecule has 0 aliphatic carbocycles. The molecule has 4 heteroatoms. The first-order valence-electron chi connectivity index (χ1n) is 6.95. The Kier molecular flexibility index (Phi) is 2.41. The average Bonchev–Trinajstić information content (AvgIpc) is 2.90. The number of rotatable bonds is 0. The van der Waals surface area contributed by atoms with Crippen molar-refractivity contribution in [2.24, 2.45) is 0 Å². The van der Waals surface area contributed by atoms with E-state index in [0.717, 1.165) is 8.58 Å². The average molecular weight is 283 g/mol. The highest BCUT2D eigenvalue weighted by Gasteiger charge is 2.45. The van der Waals surface area contributed by atoms with Gasteiger partial charge in [-0.1, -0.05) is 12.1 Å². The van der Waals surface area contributed by atoms with Gasteiger partial charge < -0.3 is 9.80 Å². The molecule has 2 aliphatic rings. The summed E-state index contributed by atoms with van der Waals surface area (Å²) in [6.45, 7) is 6.87. The molecule has 0 saturated heterocycles. The number of anilines is 3. The summed E-state index contributed by atoms with van der Waals surface area (Å²) in [5, 5.41) is 1.38. The molecule has 2 aromatic rings. The Hall–Kier alpha value is -1.60. The van der Waals surface area contributed by atoms with Crippen LogP contribution in [0.2, 0.25) is 0 Å². The van der Waals surface area contributed by atoms with Gasteiger partial charge in [0.1, 0.15) is 5.91 Å². The third-order valence-corrected chi connectivity index (χ3v) is 5.43. The predicted octanol–water partition coefficient (Wildman–Crippen LogP) is 3.44. The molecule has 2 unspecified atom stereocenters. The zero-order valence-electron chi connectivity index (χ0n) is 12.0. The quantitative estimate of drug-likeness (QED) is 0.690. The van der Waals surface area contributed by atoms with E-state index in [1.165, 1.54) is 22.4 Å². The van der Waals surface area contributed by atoms with Gasteiger partial charge in [-0.05, 0) is 47.6 Å². The van der Waals surface area contributed by atoms with Crippen molar-refractivity contribution in [1.82, 2.24) is 4.98 Å². The first-order chi connectivity index (χ1) is 9.57. The van der Waals surface area contributed by atoms with Crippen LogP contribution in [-0.2, 0) is 0 Å². The summed E-state index contributed by atoms with van der Waals surface area (Å²) in [5.41, 5.74) is 4.10. The highest BCUT2D eigenvalue weighted by Crippen LogP contribution is 2.55. The molecule has 0 saturated carbocycles. The first kappa shape index (κ1) is 12.2. The maximum atomic E-state index is 4.29. The van der Waals surface area contributed by atoms with E-state index >= 15 is 0 Å². The van der Waals surface area contributed by atoms with Crippen LogP contribution in [0.1, 0.15) is 20.8 Å². The van der Waals surface area contributed by atoms with Gasteiger partial charge in [0.2, 0.25) is 0 Å². The molecule has 0 N–H and O–H groups in total. The lowest BCUT2D eigenvalue weighted by Crippen LogP contribution is -2.47. The normalized spacial score (nSPS) is 21.1. The molecule has 0 spiro atoms. The molecule has 0 radical (unpaired) electrons. The fraction of sp³-hybridized carbons (Fsp3) is 0.312. The van der Waals surface area contributed by atoms with Crippen LogP contribution in [0.3, 0.4) is 0 Å². The molecule has 3 heterocycles. The summed E-state index contributed by atoms with van der Waals surface area (Å²) in [4.78, 5) is 9.33. The van der Waals surface area contributed by atoms with E-state index in [0.29, 0.717) is 5.91 Å². The van der Waals surface area contributed by atoms with Crippen LogP contribution in [0, 0.1) is 0 Å². The third-order valence-electron chi connectivity index (χ3n) is 3.95. The highest BCUT2D eigenvalue weighted by atomic mass is 31.1. The third kappa shape index (κ3) is 1.53. The smallest absolute Gasteiger partial charge is 0.127 e. The molecular formula is C16H18N3P. The van der Waals surface area contributed by atoms with E-state index in [4.69, 9.17) is 0 Å². The second-order valence-electron chi connectivity index (χ2n) is 6.31. The zero-order chi connectivity index (χ0) is 13.9. The van der Waals surface area contributed by atoms with Crippen molar-refractivity contribution < 1.29 is 0 Å². The Bertz CT molecular complexity index is 677. The van der Waals surface area contributed by atoms with E-state index in [2.05, 4.69) is 65.9 Å². The van der Waals surface area contributed by atoms with Gasteiger partial charge in [-0.2, -0.15) is 0 Å². The van der Waals surface area contributed by atoms with Crippen molar-refractivity contribution >= 4 is 30.9 Å². The zero-order valence-corrected chi connectivity index (χ0v) is 13.0. The molecule has 3 nitrogen and oxygen atoms in total. The molecule has 2 aliphatic heterocycles. The second-order valence-corrected chi connectivity index (χ2v) is 7.65. The van der Waals surface area contributed by atoms with Crippen molar-refractivity contribution in [2.75, 3.05) is 9.80 Å². The predicted molar refractivity (Wildman–Crippen MR) is 86.8 cm³/mol.